The maximum Gasteiger partial charge on any atom is 0.338 e. The first-order valence-corrected chi connectivity index (χ1v) is 9.74. The van der Waals surface area contributed by atoms with Gasteiger partial charge in [0, 0.05) is 11.1 Å². The predicted molar refractivity (Wildman–Crippen MR) is 113 cm³/mol. The Balaban J connectivity index is 2.23. The Morgan fingerprint density at radius 1 is 0.733 bits per heavy atom. The Bertz CT molecular complexity index is 999. The van der Waals surface area contributed by atoms with Crippen molar-refractivity contribution in [3.8, 4) is 22.3 Å². The maximum absolute atomic E-state index is 13.0. The lowest BCUT2D eigenvalue weighted by Gasteiger charge is -2.27. The lowest BCUT2D eigenvalue weighted by molar-refractivity contribution is 0.0571. The number of fused-ring (bicyclic) bond motifs is 1. The third-order valence-electron chi connectivity index (χ3n) is 5.36. The van der Waals surface area contributed by atoms with Gasteiger partial charge in [-0.2, -0.15) is 0 Å². The molecule has 30 heavy (non-hydrogen) atoms. The number of esters is 2. The minimum absolute atomic E-state index is 0.235. The van der Waals surface area contributed by atoms with E-state index in [9.17, 15) is 9.59 Å². The number of methoxy groups -OCH3 is 2. The largest absolute Gasteiger partial charge is 0.465 e. The fraction of sp³-hybridized carbons (Fsp3) is 0.200. The summed E-state index contributed by atoms with van der Waals surface area (Å²) in [6.45, 7) is 0.704. The SMILES string of the molecule is COC(=O)c1c2c(c(C(=O)OC)c(-c3ccccc3)c1-c1ccccc1)COCC2. The molecule has 4 rings (SSSR count). The van der Waals surface area contributed by atoms with Gasteiger partial charge in [-0.1, -0.05) is 60.7 Å². The molecule has 5 heteroatoms. The minimum Gasteiger partial charge on any atom is -0.465 e. The van der Waals surface area contributed by atoms with Gasteiger partial charge >= 0.3 is 11.9 Å². The van der Waals surface area contributed by atoms with Crippen LogP contribution in [0.4, 0.5) is 0 Å². The summed E-state index contributed by atoms with van der Waals surface area (Å²) in [5.41, 5.74) is 5.36. The summed E-state index contributed by atoms with van der Waals surface area (Å²) in [6.07, 6.45) is 0.513. The molecule has 1 aliphatic heterocycles. The summed E-state index contributed by atoms with van der Waals surface area (Å²) < 4.78 is 16.0. The van der Waals surface area contributed by atoms with Crippen LogP contribution in [0.2, 0.25) is 0 Å². The van der Waals surface area contributed by atoms with Gasteiger partial charge in [-0.05, 0) is 28.7 Å². The van der Waals surface area contributed by atoms with Crippen LogP contribution in [0.5, 0.6) is 0 Å². The molecule has 0 aliphatic carbocycles. The molecule has 5 nitrogen and oxygen atoms in total. The quantitative estimate of drug-likeness (QED) is 0.594. The van der Waals surface area contributed by atoms with Crippen LogP contribution in [-0.4, -0.2) is 32.8 Å². The topological polar surface area (TPSA) is 61.8 Å². The number of hydrogen-bond acceptors (Lipinski definition) is 5. The van der Waals surface area contributed by atoms with Crippen molar-refractivity contribution in [3.05, 3.63) is 82.9 Å². The van der Waals surface area contributed by atoms with Crippen LogP contribution in [0, 0.1) is 0 Å². The van der Waals surface area contributed by atoms with Gasteiger partial charge in [0.1, 0.15) is 0 Å². The molecule has 0 saturated carbocycles. The molecule has 0 spiro atoms. The predicted octanol–water partition coefficient (Wildman–Crippen LogP) is 4.67. The molecule has 0 saturated heterocycles. The summed E-state index contributed by atoms with van der Waals surface area (Å²) in [5.74, 6) is -0.884. The Hall–Kier alpha value is -3.44. The summed E-state index contributed by atoms with van der Waals surface area (Å²) in [7, 11) is 2.74. The number of carbonyl (C=O) groups excluding carboxylic acids is 2. The van der Waals surface area contributed by atoms with Crippen molar-refractivity contribution in [2.75, 3.05) is 20.8 Å². The first-order chi connectivity index (χ1) is 14.7. The van der Waals surface area contributed by atoms with Gasteiger partial charge in [0.2, 0.25) is 0 Å². The maximum atomic E-state index is 13.0. The molecule has 0 amide bonds. The third kappa shape index (κ3) is 3.37. The highest BCUT2D eigenvalue weighted by molar-refractivity contribution is 6.11. The van der Waals surface area contributed by atoms with Gasteiger partial charge in [0.15, 0.2) is 0 Å². The van der Waals surface area contributed by atoms with Crippen molar-refractivity contribution in [1.29, 1.82) is 0 Å². The fourth-order valence-electron chi connectivity index (χ4n) is 4.08. The van der Waals surface area contributed by atoms with Crippen LogP contribution in [0.25, 0.3) is 22.3 Å². The smallest absolute Gasteiger partial charge is 0.338 e. The highest BCUT2D eigenvalue weighted by atomic mass is 16.5. The first kappa shape index (κ1) is 19.9. The van der Waals surface area contributed by atoms with Gasteiger partial charge in [-0.15, -0.1) is 0 Å². The van der Waals surface area contributed by atoms with E-state index in [1.54, 1.807) is 0 Å². The molecule has 1 heterocycles. The van der Waals surface area contributed by atoms with Crippen LogP contribution in [0.3, 0.4) is 0 Å². The average Bonchev–Trinajstić information content (AvgIpc) is 2.82. The second-order valence-electron chi connectivity index (χ2n) is 6.97. The standard InChI is InChI=1S/C25H22O5/c1-28-24(26)22-18-13-14-30-15-19(18)23(25(27)29-2)21(17-11-7-4-8-12-17)20(22)16-9-5-3-6-10-16/h3-12H,13-15H2,1-2H3. The Kier molecular flexibility index (Phi) is 5.63. The molecule has 0 aromatic heterocycles. The molecular formula is C25H22O5. The molecule has 0 fully saturated rings. The van der Waals surface area contributed by atoms with Crippen molar-refractivity contribution in [2.24, 2.45) is 0 Å². The number of rotatable bonds is 4. The zero-order chi connectivity index (χ0) is 21.1. The Morgan fingerprint density at radius 2 is 1.20 bits per heavy atom. The molecule has 1 aliphatic rings. The van der Waals surface area contributed by atoms with Crippen LogP contribution < -0.4 is 0 Å². The summed E-state index contributed by atoms with van der Waals surface area (Å²) in [6, 6.07) is 19.1. The molecule has 0 radical (unpaired) electrons. The number of hydrogen-bond donors (Lipinski definition) is 0. The van der Waals surface area contributed by atoms with Gasteiger partial charge in [0.25, 0.3) is 0 Å². The molecule has 152 valence electrons. The highest BCUT2D eigenvalue weighted by Crippen LogP contribution is 2.43. The monoisotopic (exact) mass is 402 g/mol. The zero-order valence-electron chi connectivity index (χ0n) is 16.9. The van der Waals surface area contributed by atoms with E-state index in [4.69, 9.17) is 14.2 Å². The Morgan fingerprint density at radius 3 is 1.67 bits per heavy atom. The molecule has 0 unspecified atom stereocenters. The Labute approximate surface area is 175 Å². The van der Waals surface area contributed by atoms with Gasteiger partial charge < -0.3 is 14.2 Å². The molecule has 3 aromatic rings. The van der Waals surface area contributed by atoms with Crippen molar-refractivity contribution < 1.29 is 23.8 Å². The molecule has 0 atom stereocenters. The van der Waals surface area contributed by atoms with Gasteiger partial charge in [0.05, 0.1) is 38.6 Å². The second kappa shape index (κ2) is 8.51. The van der Waals surface area contributed by atoms with E-state index >= 15 is 0 Å². The van der Waals surface area contributed by atoms with Gasteiger partial charge in [-0.3, -0.25) is 0 Å². The van der Waals surface area contributed by atoms with E-state index in [0.29, 0.717) is 40.8 Å². The van der Waals surface area contributed by atoms with Crippen molar-refractivity contribution in [1.82, 2.24) is 0 Å². The summed E-state index contributed by atoms with van der Waals surface area (Å²) in [4.78, 5) is 26.1. The van der Waals surface area contributed by atoms with Crippen LogP contribution in [0.15, 0.2) is 60.7 Å². The van der Waals surface area contributed by atoms with E-state index in [1.807, 2.05) is 60.7 Å². The van der Waals surface area contributed by atoms with Crippen molar-refractivity contribution in [3.63, 3.8) is 0 Å². The van der Waals surface area contributed by atoms with E-state index in [1.165, 1.54) is 14.2 Å². The van der Waals surface area contributed by atoms with E-state index in [0.717, 1.165) is 16.7 Å². The molecule has 0 bridgehead atoms. The lowest BCUT2D eigenvalue weighted by atomic mass is 9.79. The molecular weight excluding hydrogens is 380 g/mol. The van der Waals surface area contributed by atoms with E-state index in [-0.39, 0.29) is 6.61 Å². The number of ether oxygens (including phenoxy) is 3. The number of carbonyl (C=O) groups is 2. The summed E-state index contributed by atoms with van der Waals surface area (Å²) in [5, 5.41) is 0. The van der Waals surface area contributed by atoms with E-state index in [2.05, 4.69) is 0 Å². The molecule has 3 aromatic carbocycles. The number of benzene rings is 3. The van der Waals surface area contributed by atoms with E-state index < -0.39 is 11.9 Å². The van der Waals surface area contributed by atoms with Crippen LogP contribution in [0.1, 0.15) is 31.8 Å². The van der Waals surface area contributed by atoms with Crippen LogP contribution >= 0.6 is 0 Å². The normalized spacial score (nSPS) is 12.7. The highest BCUT2D eigenvalue weighted by Gasteiger charge is 2.33. The average molecular weight is 402 g/mol. The van der Waals surface area contributed by atoms with Crippen molar-refractivity contribution >= 4 is 11.9 Å². The molecule has 0 N–H and O–H groups in total. The first-order valence-electron chi connectivity index (χ1n) is 9.74. The third-order valence-corrected chi connectivity index (χ3v) is 5.36. The minimum atomic E-state index is -0.454. The lowest BCUT2D eigenvalue weighted by Crippen LogP contribution is -2.22. The fourth-order valence-corrected chi connectivity index (χ4v) is 4.08. The van der Waals surface area contributed by atoms with Crippen LogP contribution in [-0.2, 0) is 27.2 Å². The zero-order valence-corrected chi connectivity index (χ0v) is 16.9. The second-order valence-corrected chi connectivity index (χ2v) is 6.97. The van der Waals surface area contributed by atoms with Crippen molar-refractivity contribution in [2.45, 2.75) is 13.0 Å². The van der Waals surface area contributed by atoms with Gasteiger partial charge in [-0.25, -0.2) is 9.59 Å². The summed E-state index contributed by atoms with van der Waals surface area (Å²) >= 11 is 0.